The maximum Gasteiger partial charge on any atom is 0.238 e. The second-order valence-electron chi connectivity index (χ2n) is 4.53. The Morgan fingerprint density at radius 1 is 1.10 bits per heavy atom. The Hall–Kier alpha value is -2.12. The molecule has 0 saturated carbocycles. The van der Waals surface area contributed by atoms with Gasteiger partial charge in [0.2, 0.25) is 10.0 Å². The molecule has 0 fully saturated rings. The fourth-order valence-corrected chi connectivity index (χ4v) is 2.65. The van der Waals surface area contributed by atoms with Crippen molar-refractivity contribution in [2.24, 2.45) is 5.14 Å². The number of primary sulfonamides is 1. The fourth-order valence-electron chi connectivity index (χ4n) is 2.06. The molecule has 0 aliphatic carbocycles. The van der Waals surface area contributed by atoms with Crippen LogP contribution in [0, 0.1) is 5.82 Å². The first-order valence-corrected chi connectivity index (χ1v) is 7.82. The van der Waals surface area contributed by atoms with Gasteiger partial charge in [0, 0.05) is 23.6 Å². The summed E-state index contributed by atoms with van der Waals surface area (Å²) >= 11 is 0. The van der Waals surface area contributed by atoms with Gasteiger partial charge in [-0.25, -0.2) is 17.9 Å². The molecule has 4 N–H and O–H groups in total. The van der Waals surface area contributed by atoms with Crippen molar-refractivity contribution in [2.75, 3.05) is 17.2 Å². The molecule has 2 aromatic carbocycles. The van der Waals surface area contributed by atoms with Gasteiger partial charge in [-0.2, -0.15) is 0 Å². The van der Waals surface area contributed by atoms with Crippen molar-refractivity contribution in [2.45, 2.75) is 11.8 Å². The molecule has 2 rings (SSSR count). The maximum absolute atomic E-state index is 13.0. The summed E-state index contributed by atoms with van der Waals surface area (Å²) in [5, 5.41) is 5.14. The van der Waals surface area contributed by atoms with Crippen LogP contribution in [0.2, 0.25) is 0 Å². The van der Waals surface area contributed by atoms with E-state index in [0.29, 0.717) is 12.2 Å². The van der Waals surface area contributed by atoms with E-state index in [2.05, 4.69) is 0 Å². The van der Waals surface area contributed by atoms with Crippen LogP contribution in [0.4, 0.5) is 21.5 Å². The summed E-state index contributed by atoms with van der Waals surface area (Å²) in [5.74, 6) is -0.340. The van der Waals surface area contributed by atoms with Gasteiger partial charge in [0.05, 0.1) is 4.90 Å². The van der Waals surface area contributed by atoms with Crippen molar-refractivity contribution < 1.29 is 12.8 Å². The van der Waals surface area contributed by atoms with Crippen LogP contribution in [0.15, 0.2) is 47.4 Å². The van der Waals surface area contributed by atoms with Crippen LogP contribution < -0.4 is 15.8 Å². The van der Waals surface area contributed by atoms with Gasteiger partial charge < -0.3 is 10.6 Å². The Balaban J connectivity index is 2.52. The van der Waals surface area contributed by atoms with E-state index in [1.54, 1.807) is 18.2 Å². The lowest BCUT2D eigenvalue weighted by Crippen LogP contribution is -2.18. The molecule has 0 amide bonds. The first-order valence-electron chi connectivity index (χ1n) is 6.27. The summed E-state index contributed by atoms with van der Waals surface area (Å²) in [7, 11) is -3.85. The smallest absolute Gasteiger partial charge is 0.238 e. The standard InChI is InChI=1S/C14H16FN3O2S/c1-2-18(12-5-3-10(15)4-6-12)13-7-11(16)8-14(9-13)21(17,19)20/h3-9H,2,16H2,1H3,(H2,17,19,20). The summed E-state index contributed by atoms with van der Waals surface area (Å²) in [6.45, 7) is 2.45. The van der Waals surface area contributed by atoms with Crippen molar-refractivity contribution in [3.8, 4) is 0 Å². The molecular weight excluding hydrogens is 293 g/mol. The Labute approximate surface area is 123 Å². The first kappa shape index (κ1) is 15.3. The molecule has 5 nitrogen and oxygen atoms in total. The van der Waals surface area contributed by atoms with Crippen LogP contribution in [0.5, 0.6) is 0 Å². The lowest BCUT2D eigenvalue weighted by Gasteiger charge is -2.24. The van der Waals surface area contributed by atoms with Crippen LogP contribution in [0.25, 0.3) is 0 Å². The van der Waals surface area contributed by atoms with Crippen LogP contribution in [0.1, 0.15) is 6.92 Å². The number of hydrogen-bond donors (Lipinski definition) is 2. The van der Waals surface area contributed by atoms with E-state index in [1.165, 1.54) is 24.3 Å². The topological polar surface area (TPSA) is 89.4 Å². The monoisotopic (exact) mass is 309 g/mol. The number of nitrogen functional groups attached to an aromatic ring is 1. The minimum Gasteiger partial charge on any atom is -0.399 e. The third kappa shape index (κ3) is 3.50. The molecule has 2 aromatic rings. The number of sulfonamides is 1. The Morgan fingerprint density at radius 2 is 1.71 bits per heavy atom. The van der Waals surface area contributed by atoms with Crippen LogP contribution in [0.3, 0.4) is 0 Å². The molecule has 0 radical (unpaired) electrons. The highest BCUT2D eigenvalue weighted by Crippen LogP contribution is 2.29. The number of benzene rings is 2. The number of rotatable bonds is 4. The molecule has 112 valence electrons. The van der Waals surface area contributed by atoms with Crippen molar-refractivity contribution in [1.82, 2.24) is 0 Å². The highest BCUT2D eigenvalue weighted by molar-refractivity contribution is 7.89. The van der Waals surface area contributed by atoms with Gasteiger partial charge in [0.1, 0.15) is 5.82 Å². The third-order valence-corrected chi connectivity index (χ3v) is 3.90. The molecule has 0 heterocycles. The molecule has 0 aliphatic rings. The van der Waals surface area contributed by atoms with E-state index in [9.17, 15) is 12.8 Å². The summed E-state index contributed by atoms with van der Waals surface area (Å²) in [5.41, 5.74) is 7.34. The van der Waals surface area contributed by atoms with E-state index in [1.807, 2.05) is 11.8 Å². The van der Waals surface area contributed by atoms with Gasteiger partial charge in [0.25, 0.3) is 0 Å². The number of nitrogens with two attached hydrogens (primary N) is 2. The Morgan fingerprint density at radius 3 is 2.24 bits per heavy atom. The zero-order valence-electron chi connectivity index (χ0n) is 11.5. The van der Waals surface area contributed by atoms with Crippen molar-refractivity contribution in [1.29, 1.82) is 0 Å². The molecule has 0 spiro atoms. The normalized spacial score (nSPS) is 11.4. The van der Waals surface area contributed by atoms with E-state index >= 15 is 0 Å². The number of nitrogens with zero attached hydrogens (tertiary/aromatic N) is 1. The molecule has 21 heavy (non-hydrogen) atoms. The van der Waals surface area contributed by atoms with Gasteiger partial charge in [-0.1, -0.05) is 0 Å². The molecule has 0 bridgehead atoms. The lowest BCUT2D eigenvalue weighted by atomic mass is 10.2. The van der Waals surface area contributed by atoms with Crippen molar-refractivity contribution >= 4 is 27.1 Å². The van der Waals surface area contributed by atoms with Gasteiger partial charge in [-0.15, -0.1) is 0 Å². The highest BCUT2D eigenvalue weighted by atomic mass is 32.2. The summed E-state index contributed by atoms with van der Waals surface area (Å²) in [4.78, 5) is 1.75. The second-order valence-corrected chi connectivity index (χ2v) is 6.09. The Bertz CT molecular complexity index is 745. The molecular formula is C14H16FN3O2S. The molecule has 0 aromatic heterocycles. The average molecular weight is 309 g/mol. The molecule has 0 aliphatic heterocycles. The summed E-state index contributed by atoms with van der Waals surface area (Å²) in [6.07, 6.45) is 0. The van der Waals surface area contributed by atoms with Crippen molar-refractivity contribution in [3.63, 3.8) is 0 Å². The Kier molecular flexibility index (Phi) is 4.15. The number of anilines is 3. The van der Waals surface area contributed by atoms with Gasteiger partial charge in [-0.05, 0) is 49.4 Å². The number of halogens is 1. The SMILES string of the molecule is CCN(c1ccc(F)cc1)c1cc(N)cc(S(N)(=O)=O)c1. The zero-order chi connectivity index (χ0) is 15.6. The lowest BCUT2D eigenvalue weighted by molar-refractivity contribution is 0.598. The average Bonchev–Trinajstić information content (AvgIpc) is 2.40. The van der Waals surface area contributed by atoms with Gasteiger partial charge in [-0.3, -0.25) is 0 Å². The van der Waals surface area contributed by atoms with E-state index < -0.39 is 10.0 Å². The summed E-state index contributed by atoms with van der Waals surface area (Å²) in [6, 6.07) is 10.3. The molecule has 0 atom stereocenters. The van der Waals surface area contributed by atoms with Crippen LogP contribution >= 0.6 is 0 Å². The van der Waals surface area contributed by atoms with Crippen molar-refractivity contribution in [3.05, 3.63) is 48.3 Å². The summed E-state index contributed by atoms with van der Waals surface area (Å²) < 4.78 is 36.0. The fraction of sp³-hybridized carbons (Fsp3) is 0.143. The molecule has 7 heteroatoms. The minimum absolute atomic E-state index is 0.0574. The highest BCUT2D eigenvalue weighted by Gasteiger charge is 2.14. The maximum atomic E-state index is 13.0. The third-order valence-electron chi connectivity index (χ3n) is 3.01. The molecule has 0 saturated heterocycles. The van der Waals surface area contributed by atoms with E-state index in [4.69, 9.17) is 10.9 Å². The predicted octanol–water partition coefficient (Wildman–Crippen LogP) is 2.21. The number of hydrogen-bond acceptors (Lipinski definition) is 4. The van der Waals surface area contributed by atoms with E-state index in [-0.39, 0.29) is 16.4 Å². The largest absolute Gasteiger partial charge is 0.399 e. The van der Waals surface area contributed by atoms with Gasteiger partial charge in [0.15, 0.2) is 0 Å². The van der Waals surface area contributed by atoms with Crippen LogP contribution in [-0.4, -0.2) is 15.0 Å². The van der Waals surface area contributed by atoms with E-state index in [0.717, 1.165) is 5.69 Å². The minimum atomic E-state index is -3.85. The second kappa shape index (κ2) is 5.71. The predicted molar refractivity (Wildman–Crippen MR) is 81.3 cm³/mol. The van der Waals surface area contributed by atoms with Gasteiger partial charge >= 0.3 is 0 Å². The first-order chi connectivity index (χ1) is 9.81. The van der Waals surface area contributed by atoms with Crippen LogP contribution in [-0.2, 0) is 10.0 Å². The zero-order valence-corrected chi connectivity index (χ0v) is 12.3. The molecule has 0 unspecified atom stereocenters. The quantitative estimate of drug-likeness (QED) is 0.847.